The Labute approximate surface area is 186 Å². The maximum atomic E-state index is 10.3. The van der Waals surface area contributed by atoms with Gasteiger partial charge in [0.25, 0.3) is 0 Å². The Balaban J connectivity index is 1.49. The Kier molecular flexibility index (Phi) is 6.35. The van der Waals surface area contributed by atoms with Crippen molar-refractivity contribution in [1.29, 1.82) is 0 Å². The monoisotopic (exact) mass is 412 g/mol. The predicted octanol–water partition coefficient (Wildman–Crippen LogP) is 7.94. The van der Waals surface area contributed by atoms with E-state index < -0.39 is 0 Å². The summed E-state index contributed by atoms with van der Waals surface area (Å²) in [6.45, 7) is 16.6. The molecule has 4 aliphatic carbocycles. The molecule has 0 heterocycles. The molecule has 0 aliphatic heterocycles. The normalized spacial score (nSPS) is 45.0. The molecule has 30 heavy (non-hydrogen) atoms. The third-order valence-electron chi connectivity index (χ3n) is 11.0. The highest BCUT2D eigenvalue weighted by Gasteiger charge is 2.58. The van der Waals surface area contributed by atoms with Crippen LogP contribution in [0.15, 0.2) is 23.8 Å². The summed E-state index contributed by atoms with van der Waals surface area (Å²) in [5.74, 6) is 4.78. The summed E-state index contributed by atoms with van der Waals surface area (Å²) in [4.78, 5) is 0. The number of aliphatic hydroxyl groups excluding tert-OH is 1. The van der Waals surface area contributed by atoms with E-state index in [0.29, 0.717) is 22.7 Å². The van der Waals surface area contributed by atoms with Crippen molar-refractivity contribution in [1.82, 2.24) is 0 Å². The highest BCUT2D eigenvalue weighted by molar-refractivity contribution is 5.27. The second-order valence-corrected chi connectivity index (χ2v) is 12.4. The topological polar surface area (TPSA) is 20.2 Å². The van der Waals surface area contributed by atoms with E-state index in [1.165, 1.54) is 63.4 Å². The maximum Gasteiger partial charge on any atom is 0.0543 e. The van der Waals surface area contributed by atoms with Gasteiger partial charge in [-0.05, 0) is 124 Å². The maximum absolute atomic E-state index is 10.3. The number of rotatable bonds is 6. The van der Waals surface area contributed by atoms with E-state index in [1.807, 2.05) is 5.57 Å². The fraction of sp³-hybridized carbons (Fsp3) is 0.862. The van der Waals surface area contributed by atoms with E-state index in [-0.39, 0.29) is 6.10 Å². The van der Waals surface area contributed by atoms with Gasteiger partial charge < -0.3 is 5.11 Å². The van der Waals surface area contributed by atoms with Crippen LogP contribution < -0.4 is 0 Å². The molecule has 3 fully saturated rings. The molecular formula is C29H48O. The molecule has 0 saturated heterocycles. The van der Waals surface area contributed by atoms with Crippen molar-refractivity contribution in [3.63, 3.8) is 0 Å². The van der Waals surface area contributed by atoms with Crippen LogP contribution in [0.4, 0.5) is 0 Å². The Bertz CT molecular complexity index is 676. The number of aliphatic hydroxyl groups is 1. The Morgan fingerprint density at radius 1 is 1.10 bits per heavy atom. The summed E-state index contributed by atoms with van der Waals surface area (Å²) in [6.07, 6.45) is 16.8. The Morgan fingerprint density at radius 2 is 1.80 bits per heavy atom. The minimum Gasteiger partial charge on any atom is -0.393 e. The fourth-order valence-electron chi connectivity index (χ4n) is 8.93. The van der Waals surface area contributed by atoms with Crippen LogP contribution >= 0.6 is 0 Å². The van der Waals surface area contributed by atoms with Crippen molar-refractivity contribution in [3.05, 3.63) is 23.8 Å². The number of allylic oxidation sites excluding steroid dienone is 3. The molecule has 1 N–H and O–H groups in total. The first-order chi connectivity index (χ1) is 14.2. The minimum atomic E-state index is -0.0465. The zero-order chi connectivity index (χ0) is 21.7. The lowest BCUT2D eigenvalue weighted by atomic mass is 9.47. The number of hydrogen-bond donors (Lipinski definition) is 1. The smallest absolute Gasteiger partial charge is 0.0543 e. The third-order valence-corrected chi connectivity index (χ3v) is 11.0. The summed E-state index contributed by atoms with van der Waals surface area (Å²) < 4.78 is 0. The van der Waals surface area contributed by atoms with Crippen molar-refractivity contribution >= 4 is 0 Å². The van der Waals surface area contributed by atoms with Gasteiger partial charge in [-0.1, -0.05) is 51.5 Å². The third kappa shape index (κ3) is 3.66. The fourth-order valence-corrected chi connectivity index (χ4v) is 8.93. The summed E-state index contributed by atoms with van der Waals surface area (Å²) in [5, 5.41) is 10.3. The largest absolute Gasteiger partial charge is 0.393 e. The molecule has 170 valence electrons. The lowest BCUT2D eigenvalue weighted by Crippen LogP contribution is -2.49. The van der Waals surface area contributed by atoms with Crippen molar-refractivity contribution in [2.24, 2.45) is 46.3 Å². The molecule has 4 aliphatic rings. The second kappa shape index (κ2) is 8.42. The standard InChI is InChI=1S/C29H48O/c1-7-21(19(2)3)9-8-20(4)25-12-13-26-24-11-10-22-18-23(30)14-16-28(22,5)27(24)15-17-29(25,26)6/h11,20-23,25-27,30H,2,7-10,12-18H2,1,3-6H3. The average Bonchev–Trinajstić information content (AvgIpc) is 3.06. The van der Waals surface area contributed by atoms with Crippen molar-refractivity contribution in [2.45, 2.75) is 111 Å². The SMILES string of the molecule is C=C(C)C(CC)CCC(C)C1CCC2C3=CCC4CC(O)CCC4(C)C3CCC21C. The van der Waals surface area contributed by atoms with Crippen molar-refractivity contribution in [3.8, 4) is 0 Å². The first-order valence-electron chi connectivity index (χ1n) is 13.2. The van der Waals surface area contributed by atoms with Gasteiger partial charge in [0.2, 0.25) is 0 Å². The molecule has 0 aromatic rings. The van der Waals surface area contributed by atoms with Crippen LogP contribution in [0.5, 0.6) is 0 Å². The summed E-state index contributed by atoms with van der Waals surface area (Å²) in [7, 11) is 0. The van der Waals surface area contributed by atoms with Gasteiger partial charge in [0.1, 0.15) is 0 Å². The lowest BCUT2D eigenvalue weighted by Gasteiger charge is -2.57. The zero-order valence-electron chi connectivity index (χ0n) is 20.6. The highest BCUT2D eigenvalue weighted by atomic mass is 16.3. The van der Waals surface area contributed by atoms with Gasteiger partial charge in [-0.15, -0.1) is 0 Å². The first kappa shape index (κ1) is 22.6. The molecule has 0 bridgehead atoms. The number of hydrogen-bond acceptors (Lipinski definition) is 1. The molecule has 9 atom stereocenters. The Morgan fingerprint density at radius 3 is 2.50 bits per heavy atom. The zero-order valence-corrected chi connectivity index (χ0v) is 20.6. The van der Waals surface area contributed by atoms with E-state index in [1.54, 1.807) is 0 Å². The van der Waals surface area contributed by atoms with Gasteiger partial charge in [-0.25, -0.2) is 0 Å². The molecule has 0 radical (unpaired) electrons. The van der Waals surface area contributed by atoms with Gasteiger partial charge in [0.05, 0.1) is 6.10 Å². The molecule has 9 unspecified atom stereocenters. The van der Waals surface area contributed by atoms with Gasteiger partial charge in [-0.3, -0.25) is 0 Å². The van der Waals surface area contributed by atoms with E-state index >= 15 is 0 Å². The van der Waals surface area contributed by atoms with Crippen LogP contribution in [-0.4, -0.2) is 11.2 Å². The van der Waals surface area contributed by atoms with Crippen LogP contribution in [-0.2, 0) is 0 Å². The number of fused-ring (bicyclic) bond motifs is 5. The first-order valence-corrected chi connectivity index (χ1v) is 13.2. The molecule has 0 aromatic heterocycles. The molecule has 3 saturated carbocycles. The highest BCUT2D eigenvalue weighted by Crippen LogP contribution is 2.67. The van der Waals surface area contributed by atoms with Gasteiger partial charge in [0, 0.05) is 0 Å². The van der Waals surface area contributed by atoms with Crippen molar-refractivity contribution in [2.75, 3.05) is 0 Å². The van der Waals surface area contributed by atoms with Gasteiger partial charge in [-0.2, -0.15) is 0 Å². The van der Waals surface area contributed by atoms with Crippen LogP contribution in [0.3, 0.4) is 0 Å². The average molecular weight is 413 g/mol. The second-order valence-electron chi connectivity index (χ2n) is 12.4. The van der Waals surface area contributed by atoms with Gasteiger partial charge in [0.15, 0.2) is 0 Å². The van der Waals surface area contributed by atoms with Crippen molar-refractivity contribution < 1.29 is 5.11 Å². The molecule has 1 nitrogen and oxygen atoms in total. The quantitative estimate of drug-likeness (QED) is 0.439. The Hall–Kier alpha value is -0.560. The minimum absolute atomic E-state index is 0.0465. The van der Waals surface area contributed by atoms with Crippen LogP contribution in [0.2, 0.25) is 0 Å². The van der Waals surface area contributed by atoms with E-state index in [9.17, 15) is 5.11 Å². The lowest BCUT2D eigenvalue weighted by molar-refractivity contribution is -0.0428. The van der Waals surface area contributed by atoms with E-state index in [0.717, 1.165) is 36.5 Å². The van der Waals surface area contributed by atoms with E-state index in [2.05, 4.69) is 47.3 Å². The molecule has 0 spiro atoms. The summed E-state index contributed by atoms with van der Waals surface area (Å²) in [6, 6.07) is 0. The molecule has 1 heteroatoms. The van der Waals surface area contributed by atoms with Crippen LogP contribution in [0, 0.1) is 46.3 Å². The molecule has 0 aromatic carbocycles. The van der Waals surface area contributed by atoms with E-state index in [4.69, 9.17) is 0 Å². The van der Waals surface area contributed by atoms with Crippen LogP contribution in [0.25, 0.3) is 0 Å². The van der Waals surface area contributed by atoms with Crippen LogP contribution in [0.1, 0.15) is 105 Å². The summed E-state index contributed by atoms with van der Waals surface area (Å²) >= 11 is 0. The molecular weight excluding hydrogens is 364 g/mol. The summed E-state index contributed by atoms with van der Waals surface area (Å²) in [5.41, 5.74) is 4.21. The molecule has 0 amide bonds. The predicted molar refractivity (Wildman–Crippen MR) is 128 cm³/mol. The van der Waals surface area contributed by atoms with Gasteiger partial charge >= 0.3 is 0 Å². The molecule has 4 rings (SSSR count).